The van der Waals surface area contributed by atoms with E-state index in [0.29, 0.717) is 32.7 Å². The van der Waals surface area contributed by atoms with Crippen molar-refractivity contribution in [2.45, 2.75) is 31.3 Å². The number of carbonyl (C=O) groups is 1. The lowest BCUT2D eigenvalue weighted by molar-refractivity contribution is -0.144. The second kappa shape index (κ2) is 6.93. The van der Waals surface area contributed by atoms with Gasteiger partial charge < -0.3 is 20.1 Å². The van der Waals surface area contributed by atoms with Crippen molar-refractivity contribution in [3.8, 4) is 0 Å². The van der Waals surface area contributed by atoms with Crippen molar-refractivity contribution in [1.29, 1.82) is 0 Å². The molecule has 1 amide bonds. The molecule has 100 valence electrons. The lowest BCUT2D eigenvalue weighted by atomic mass is 9.77. The largest absolute Gasteiger partial charge is 0.383 e. The van der Waals surface area contributed by atoms with Crippen molar-refractivity contribution in [1.82, 2.24) is 4.90 Å². The van der Waals surface area contributed by atoms with Gasteiger partial charge in [-0.15, -0.1) is 0 Å². The molecule has 5 nitrogen and oxygen atoms in total. The van der Waals surface area contributed by atoms with Crippen LogP contribution in [0.1, 0.15) is 25.7 Å². The van der Waals surface area contributed by atoms with Crippen LogP contribution in [-0.2, 0) is 14.3 Å². The number of amides is 1. The first-order chi connectivity index (χ1) is 8.17. The topological polar surface area (TPSA) is 64.8 Å². The summed E-state index contributed by atoms with van der Waals surface area (Å²) in [5.41, 5.74) is 5.30. The number of nitrogens with two attached hydrogens (primary N) is 1. The third-order valence-electron chi connectivity index (χ3n) is 3.49. The molecule has 0 aromatic rings. The van der Waals surface area contributed by atoms with E-state index in [4.69, 9.17) is 15.2 Å². The minimum absolute atomic E-state index is 0.119. The van der Waals surface area contributed by atoms with Gasteiger partial charge in [0, 0.05) is 33.9 Å². The average molecular weight is 244 g/mol. The third kappa shape index (κ3) is 3.94. The summed E-state index contributed by atoms with van der Waals surface area (Å²) >= 11 is 0. The van der Waals surface area contributed by atoms with Crippen LogP contribution < -0.4 is 5.73 Å². The molecule has 0 aromatic heterocycles. The SMILES string of the molecule is COCCN(CCN)C(=O)CC1(OC)CCC1. The number of hydrogen-bond donors (Lipinski definition) is 1. The van der Waals surface area contributed by atoms with Gasteiger partial charge in [-0.25, -0.2) is 0 Å². The molecule has 1 rings (SSSR count). The summed E-state index contributed by atoms with van der Waals surface area (Å²) in [4.78, 5) is 13.9. The van der Waals surface area contributed by atoms with Crippen LogP contribution in [0.4, 0.5) is 0 Å². The van der Waals surface area contributed by atoms with Gasteiger partial charge in [-0.3, -0.25) is 4.79 Å². The second-order valence-electron chi connectivity index (χ2n) is 4.58. The monoisotopic (exact) mass is 244 g/mol. The lowest BCUT2D eigenvalue weighted by Crippen LogP contribution is -2.46. The fourth-order valence-corrected chi connectivity index (χ4v) is 2.13. The molecular weight excluding hydrogens is 220 g/mol. The third-order valence-corrected chi connectivity index (χ3v) is 3.49. The summed E-state index contributed by atoms with van der Waals surface area (Å²) in [7, 11) is 3.32. The highest BCUT2D eigenvalue weighted by atomic mass is 16.5. The highest BCUT2D eigenvalue weighted by Crippen LogP contribution is 2.38. The number of hydrogen-bond acceptors (Lipinski definition) is 4. The van der Waals surface area contributed by atoms with E-state index in [1.165, 1.54) is 0 Å². The van der Waals surface area contributed by atoms with Gasteiger partial charge >= 0.3 is 0 Å². The zero-order chi connectivity index (χ0) is 12.7. The maximum atomic E-state index is 12.1. The Morgan fingerprint density at radius 2 is 2.06 bits per heavy atom. The maximum Gasteiger partial charge on any atom is 0.225 e. The van der Waals surface area contributed by atoms with Crippen molar-refractivity contribution in [3.63, 3.8) is 0 Å². The van der Waals surface area contributed by atoms with Gasteiger partial charge in [-0.2, -0.15) is 0 Å². The molecular formula is C12H24N2O3. The fraction of sp³-hybridized carbons (Fsp3) is 0.917. The number of ether oxygens (including phenoxy) is 2. The highest BCUT2D eigenvalue weighted by Gasteiger charge is 2.39. The summed E-state index contributed by atoms with van der Waals surface area (Å²) in [6.07, 6.45) is 3.58. The summed E-state index contributed by atoms with van der Waals surface area (Å²) < 4.78 is 10.5. The molecule has 2 N–H and O–H groups in total. The maximum absolute atomic E-state index is 12.1. The summed E-state index contributed by atoms with van der Waals surface area (Å²) in [6.45, 7) is 2.22. The molecule has 0 radical (unpaired) electrons. The molecule has 0 saturated heterocycles. The van der Waals surface area contributed by atoms with Crippen LogP contribution in [-0.4, -0.2) is 56.9 Å². The molecule has 0 aromatic carbocycles. The first-order valence-corrected chi connectivity index (χ1v) is 6.19. The van der Waals surface area contributed by atoms with Crippen molar-refractivity contribution in [2.75, 3.05) is 40.5 Å². The Kier molecular flexibility index (Phi) is 5.88. The average Bonchev–Trinajstić information content (AvgIpc) is 2.29. The van der Waals surface area contributed by atoms with Crippen molar-refractivity contribution < 1.29 is 14.3 Å². The van der Waals surface area contributed by atoms with E-state index >= 15 is 0 Å². The van der Waals surface area contributed by atoms with E-state index in [2.05, 4.69) is 0 Å². The van der Waals surface area contributed by atoms with Gasteiger partial charge in [0.1, 0.15) is 0 Å². The zero-order valence-electron chi connectivity index (χ0n) is 10.9. The van der Waals surface area contributed by atoms with E-state index in [-0.39, 0.29) is 11.5 Å². The van der Waals surface area contributed by atoms with Crippen LogP contribution in [0.2, 0.25) is 0 Å². The van der Waals surface area contributed by atoms with E-state index in [1.54, 1.807) is 19.1 Å². The smallest absolute Gasteiger partial charge is 0.225 e. The summed E-state index contributed by atoms with van der Waals surface area (Å²) in [5.74, 6) is 0.119. The molecule has 1 aliphatic carbocycles. The Morgan fingerprint density at radius 3 is 2.47 bits per heavy atom. The van der Waals surface area contributed by atoms with Crippen LogP contribution >= 0.6 is 0 Å². The first kappa shape index (κ1) is 14.4. The standard InChI is InChI=1S/C12H24N2O3/c1-16-9-8-14(7-6-13)11(15)10-12(17-2)4-3-5-12/h3-10,13H2,1-2H3. The van der Waals surface area contributed by atoms with Crippen LogP contribution in [0.3, 0.4) is 0 Å². The predicted octanol–water partition coefficient (Wildman–Crippen LogP) is 0.379. The Balaban J connectivity index is 2.45. The van der Waals surface area contributed by atoms with Gasteiger partial charge in [0.05, 0.1) is 18.6 Å². The van der Waals surface area contributed by atoms with E-state index < -0.39 is 0 Å². The lowest BCUT2D eigenvalue weighted by Gasteiger charge is -2.41. The number of rotatable bonds is 8. The molecule has 1 aliphatic rings. The molecule has 0 heterocycles. The number of methoxy groups -OCH3 is 2. The molecule has 17 heavy (non-hydrogen) atoms. The van der Waals surface area contributed by atoms with Gasteiger partial charge in [0.15, 0.2) is 0 Å². The van der Waals surface area contributed by atoms with Crippen molar-refractivity contribution >= 4 is 5.91 Å². The normalized spacial score (nSPS) is 17.6. The van der Waals surface area contributed by atoms with E-state index in [0.717, 1.165) is 19.3 Å². The zero-order valence-corrected chi connectivity index (χ0v) is 10.9. The Labute approximate surface area is 103 Å². The minimum atomic E-state index is -0.211. The first-order valence-electron chi connectivity index (χ1n) is 6.19. The van der Waals surface area contributed by atoms with Gasteiger partial charge in [-0.1, -0.05) is 0 Å². The van der Waals surface area contributed by atoms with Crippen molar-refractivity contribution in [3.05, 3.63) is 0 Å². The summed E-state index contributed by atoms with van der Waals surface area (Å²) in [5, 5.41) is 0. The fourth-order valence-electron chi connectivity index (χ4n) is 2.13. The second-order valence-corrected chi connectivity index (χ2v) is 4.58. The summed E-state index contributed by atoms with van der Waals surface area (Å²) in [6, 6.07) is 0. The van der Waals surface area contributed by atoms with Crippen LogP contribution in [0, 0.1) is 0 Å². The highest BCUT2D eigenvalue weighted by molar-refractivity contribution is 5.77. The Bertz CT molecular complexity index is 236. The van der Waals surface area contributed by atoms with Gasteiger partial charge in [0.2, 0.25) is 5.91 Å². The molecule has 0 bridgehead atoms. The van der Waals surface area contributed by atoms with E-state index in [9.17, 15) is 4.79 Å². The molecule has 1 saturated carbocycles. The Hall–Kier alpha value is -0.650. The molecule has 5 heteroatoms. The molecule has 0 unspecified atom stereocenters. The molecule has 0 spiro atoms. The molecule has 0 atom stereocenters. The minimum Gasteiger partial charge on any atom is -0.383 e. The number of carbonyl (C=O) groups excluding carboxylic acids is 1. The molecule has 1 fully saturated rings. The van der Waals surface area contributed by atoms with Crippen LogP contribution in [0.15, 0.2) is 0 Å². The quantitative estimate of drug-likeness (QED) is 0.670. The number of nitrogens with zero attached hydrogens (tertiary/aromatic N) is 1. The van der Waals surface area contributed by atoms with Gasteiger partial charge in [0.25, 0.3) is 0 Å². The van der Waals surface area contributed by atoms with E-state index in [1.807, 2.05) is 0 Å². The van der Waals surface area contributed by atoms with Crippen molar-refractivity contribution in [2.24, 2.45) is 5.73 Å². The van der Waals surface area contributed by atoms with Crippen LogP contribution in [0.25, 0.3) is 0 Å². The Morgan fingerprint density at radius 1 is 1.35 bits per heavy atom. The molecule has 0 aliphatic heterocycles. The predicted molar refractivity (Wildman–Crippen MR) is 65.7 cm³/mol. The van der Waals surface area contributed by atoms with Gasteiger partial charge in [-0.05, 0) is 19.3 Å². The van der Waals surface area contributed by atoms with Crippen LogP contribution in [0.5, 0.6) is 0 Å².